The van der Waals surface area contributed by atoms with Crippen LogP contribution in [-0.2, 0) is 21.0 Å². The summed E-state index contributed by atoms with van der Waals surface area (Å²) in [6, 6.07) is 3.37. The number of carbonyl (C=O) groups excluding carboxylic acids is 1. The summed E-state index contributed by atoms with van der Waals surface area (Å²) in [5.41, 5.74) is -0.884. The van der Waals surface area contributed by atoms with Crippen molar-refractivity contribution in [2.75, 3.05) is 17.6 Å². The number of nitrogens with zero attached hydrogens (tertiary/aromatic N) is 1. The van der Waals surface area contributed by atoms with Gasteiger partial charge < -0.3 is 5.32 Å². The first kappa shape index (κ1) is 17.7. The highest BCUT2D eigenvalue weighted by Crippen LogP contribution is 2.31. The third-order valence-corrected chi connectivity index (χ3v) is 5.57. The van der Waals surface area contributed by atoms with Gasteiger partial charge in [-0.25, -0.2) is 8.42 Å². The molecule has 0 saturated carbocycles. The van der Waals surface area contributed by atoms with Crippen molar-refractivity contribution >= 4 is 21.6 Å². The summed E-state index contributed by atoms with van der Waals surface area (Å²) in [6.45, 7) is 1.73. The van der Waals surface area contributed by atoms with E-state index in [1.807, 2.05) is 0 Å². The molecule has 9 heteroatoms. The van der Waals surface area contributed by atoms with Crippen LogP contribution in [0, 0.1) is 0 Å². The molecule has 1 aromatic carbocycles. The van der Waals surface area contributed by atoms with E-state index in [9.17, 15) is 26.4 Å². The molecular formula is C14H17F3N2O3S. The fourth-order valence-corrected chi connectivity index (χ4v) is 3.83. The van der Waals surface area contributed by atoms with Gasteiger partial charge in [0.25, 0.3) is 0 Å². The Labute approximate surface area is 132 Å². The largest absolute Gasteiger partial charge is 0.416 e. The van der Waals surface area contributed by atoms with Crippen LogP contribution < -0.4 is 5.32 Å². The maximum Gasteiger partial charge on any atom is 0.416 e. The van der Waals surface area contributed by atoms with Gasteiger partial charge in [-0.3, -0.25) is 4.79 Å². The number of benzene rings is 1. The van der Waals surface area contributed by atoms with Crippen LogP contribution in [0.2, 0.25) is 0 Å². The number of nitrogens with one attached hydrogen (secondary N) is 1. The summed E-state index contributed by atoms with van der Waals surface area (Å²) >= 11 is 0. The summed E-state index contributed by atoms with van der Waals surface area (Å²) in [7, 11) is -3.52. The van der Waals surface area contributed by atoms with E-state index in [1.54, 1.807) is 0 Å². The molecule has 1 fully saturated rings. The van der Waals surface area contributed by atoms with Crippen LogP contribution in [0.3, 0.4) is 0 Å². The normalized spacial score (nSPS) is 19.7. The minimum Gasteiger partial charge on any atom is -0.325 e. The average Bonchev–Trinajstić information content (AvgIpc) is 2.97. The number of sulfonamides is 1. The lowest BCUT2D eigenvalue weighted by atomic mass is 10.1. The second kappa shape index (κ2) is 6.48. The highest BCUT2D eigenvalue weighted by atomic mass is 32.2. The van der Waals surface area contributed by atoms with Gasteiger partial charge in [-0.1, -0.05) is 6.07 Å². The minimum atomic E-state index is -4.51. The van der Waals surface area contributed by atoms with Gasteiger partial charge in [0, 0.05) is 12.2 Å². The average molecular weight is 350 g/mol. The molecule has 1 heterocycles. The SMILES string of the molecule is CCS(=O)(=O)N1CCC[C@H]1C(=O)Nc1cccc(C(F)(F)F)c1. The highest BCUT2D eigenvalue weighted by Gasteiger charge is 2.38. The zero-order chi connectivity index (χ0) is 17.3. The zero-order valence-electron chi connectivity index (χ0n) is 12.4. The molecule has 1 atom stereocenters. The van der Waals surface area contributed by atoms with Gasteiger partial charge in [-0.15, -0.1) is 0 Å². The number of rotatable bonds is 4. The molecule has 1 aliphatic heterocycles. The molecule has 23 heavy (non-hydrogen) atoms. The smallest absolute Gasteiger partial charge is 0.325 e. The Kier molecular flexibility index (Phi) is 5.00. The monoisotopic (exact) mass is 350 g/mol. The molecule has 1 amide bonds. The van der Waals surface area contributed by atoms with E-state index in [0.717, 1.165) is 16.4 Å². The second-order valence-corrected chi connectivity index (χ2v) is 7.45. The van der Waals surface area contributed by atoms with Crippen LogP contribution >= 0.6 is 0 Å². The predicted octanol–water partition coefficient (Wildman–Crippen LogP) is 2.46. The number of carbonyl (C=O) groups is 1. The summed E-state index contributed by atoms with van der Waals surface area (Å²) < 4.78 is 63.0. The molecule has 0 aromatic heterocycles. The quantitative estimate of drug-likeness (QED) is 0.907. The highest BCUT2D eigenvalue weighted by molar-refractivity contribution is 7.89. The molecule has 0 aliphatic carbocycles. The molecule has 0 spiro atoms. The lowest BCUT2D eigenvalue weighted by Gasteiger charge is -2.22. The van der Waals surface area contributed by atoms with E-state index >= 15 is 0 Å². The number of hydrogen-bond donors (Lipinski definition) is 1. The van der Waals surface area contributed by atoms with E-state index in [2.05, 4.69) is 5.32 Å². The van der Waals surface area contributed by atoms with Gasteiger partial charge in [-0.2, -0.15) is 17.5 Å². The van der Waals surface area contributed by atoms with Crippen molar-refractivity contribution in [1.82, 2.24) is 4.31 Å². The van der Waals surface area contributed by atoms with Crippen molar-refractivity contribution in [3.05, 3.63) is 29.8 Å². The Bertz CT molecular complexity index is 689. The van der Waals surface area contributed by atoms with Crippen LogP contribution in [0.4, 0.5) is 18.9 Å². The number of halogens is 3. The van der Waals surface area contributed by atoms with E-state index in [-0.39, 0.29) is 18.0 Å². The van der Waals surface area contributed by atoms with Gasteiger partial charge >= 0.3 is 6.18 Å². The van der Waals surface area contributed by atoms with E-state index in [1.165, 1.54) is 19.1 Å². The second-order valence-electron chi connectivity index (χ2n) is 5.24. The van der Waals surface area contributed by atoms with E-state index in [4.69, 9.17) is 0 Å². The molecule has 0 radical (unpaired) electrons. The Morgan fingerprint density at radius 3 is 2.70 bits per heavy atom. The van der Waals surface area contributed by atoms with Gasteiger partial charge in [-0.05, 0) is 38.0 Å². The molecule has 1 saturated heterocycles. The van der Waals surface area contributed by atoms with Crippen molar-refractivity contribution < 1.29 is 26.4 Å². The van der Waals surface area contributed by atoms with Gasteiger partial charge in [0.1, 0.15) is 6.04 Å². The van der Waals surface area contributed by atoms with Gasteiger partial charge in [0.05, 0.1) is 11.3 Å². The molecule has 1 aliphatic rings. The Hall–Kier alpha value is -1.61. The molecule has 2 rings (SSSR count). The summed E-state index contributed by atoms with van der Waals surface area (Å²) in [5.74, 6) is -0.737. The zero-order valence-corrected chi connectivity index (χ0v) is 13.2. The van der Waals surface area contributed by atoms with Crippen molar-refractivity contribution in [2.24, 2.45) is 0 Å². The van der Waals surface area contributed by atoms with Crippen LogP contribution in [0.15, 0.2) is 24.3 Å². The Balaban J connectivity index is 2.16. The van der Waals surface area contributed by atoms with Crippen LogP contribution in [0.5, 0.6) is 0 Å². The van der Waals surface area contributed by atoms with Crippen molar-refractivity contribution in [3.8, 4) is 0 Å². The number of amides is 1. The number of hydrogen-bond acceptors (Lipinski definition) is 3. The first-order chi connectivity index (χ1) is 10.6. The summed E-state index contributed by atoms with van der Waals surface area (Å²) in [5, 5.41) is 2.38. The third kappa shape index (κ3) is 4.03. The molecule has 1 aromatic rings. The first-order valence-corrected chi connectivity index (χ1v) is 8.73. The topological polar surface area (TPSA) is 66.5 Å². The third-order valence-electron chi connectivity index (χ3n) is 3.69. The van der Waals surface area contributed by atoms with Crippen molar-refractivity contribution in [2.45, 2.75) is 32.0 Å². The fourth-order valence-electron chi connectivity index (χ4n) is 2.50. The molecule has 1 N–H and O–H groups in total. The van der Waals surface area contributed by atoms with Crippen molar-refractivity contribution in [1.29, 1.82) is 0 Å². The fraction of sp³-hybridized carbons (Fsp3) is 0.500. The molecule has 5 nitrogen and oxygen atoms in total. The number of alkyl halides is 3. The van der Waals surface area contributed by atoms with Crippen molar-refractivity contribution in [3.63, 3.8) is 0 Å². The van der Waals surface area contributed by atoms with Crippen LogP contribution in [-0.4, -0.2) is 37.0 Å². The molecular weight excluding hydrogens is 333 g/mol. The lowest BCUT2D eigenvalue weighted by Crippen LogP contribution is -2.43. The molecule has 128 valence electrons. The first-order valence-electron chi connectivity index (χ1n) is 7.13. The summed E-state index contributed by atoms with van der Waals surface area (Å²) in [6.07, 6.45) is -3.62. The Morgan fingerprint density at radius 2 is 2.09 bits per heavy atom. The van der Waals surface area contributed by atoms with Crippen LogP contribution in [0.1, 0.15) is 25.3 Å². The lowest BCUT2D eigenvalue weighted by molar-refractivity contribution is -0.137. The van der Waals surface area contributed by atoms with E-state index < -0.39 is 33.7 Å². The maximum atomic E-state index is 12.7. The van der Waals surface area contributed by atoms with E-state index in [0.29, 0.717) is 12.8 Å². The standard InChI is InChI=1S/C14H17F3N2O3S/c1-2-23(21,22)19-8-4-7-12(19)13(20)18-11-6-3-5-10(9-11)14(15,16)17/h3,5-6,9,12H,2,4,7-8H2,1H3,(H,18,20)/t12-/m0/s1. The number of anilines is 1. The molecule has 0 unspecified atom stereocenters. The minimum absolute atomic E-state index is 0.00873. The maximum absolute atomic E-state index is 12.7. The van der Waals surface area contributed by atoms with Gasteiger partial charge in [0.2, 0.25) is 15.9 Å². The predicted molar refractivity (Wildman–Crippen MR) is 79.3 cm³/mol. The van der Waals surface area contributed by atoms with Gasteiger partial charge in [0.15, 0.2) is 0 Å². The Morgan fingerprint density at radius 1 is 1.39 bits per heavy atom. The summed E-state index contributed by atoms with van der Waals surface area (Å²) in [4.78, 5) is 12.3. The molecule has 0 bridgehead atoms. The van der Waals surface area contributed by atoms with Crippen LogP contribution in [0.25, 0.3) is 0 Å².